The maximum Gasteiger partial charge on any atom is 0.205 e. The fourth-order valence-electron chi connectivity index (χ4n) is 1.21. The molecule has 1 aromatic carbocycles. The van der Waals surface area contributed by atoms with Gasteiger partial charge in [-0.2, -0.15) is 10.4 Å². The fourth-order valence-corrected chi connectivity index (χ4v) is 1.76. The summed E-state index contributed by atoms with van der Waals surface area (Å²) in [6, 6.07) is 5.93. The number of hydrazone groups is 1. The second-order valence-corrected chi connectivity index (χ2v) is 4.16. The first kappa shape index (κ1) is 12.0. The molecule has 3 N–H and O–H groups in total. The molecule has 5 nitrogen and oxygen atoms in total. The van der Waals surface area contributed by atoms with Crippen LogP contribution in [0.15, 0.2) is 28.7 Å². The third-order valence-corrected chi connectivity index (χ3v) is 2.77. The number of hydrogen-bond acceptors (Lipinski definition) is 6. The molecule has 0 aliphatic heterocycles. The lowest BCUT2D eigenvalue weighted by Crippen LogP contribution is -1.92. The Hall–Kier alpha value is -2.46. The zero-order valence-corrected chi connectivity index (χ0v) is 9.91. The van der Waals surface area contributed by atoms with Crippen LogP contribution in [0.5, 0.6) is 0 Å². The van der Waals surface area contributed by atoms with E-state index in [2.05, 4.69) is 15.5 Å². The maximum absolute atomic E-state index is 13.1. The van der Waals surface area contributed by atoms with E-state index < -0.39 is 5.82 Å². The standard InChI is InChI=1S/C11H8FN5S/c12-9-2-1-7(3-8(9)4-13)5-15-17-11-16-10(14)6-18-11/h1-3,5-6H,14H2,(H,16,17). The molecule has 90 valence electrons. The summed E-state index contributed by atoms with van der Waals surface area (Å²) in [4.78, 5) is 3.95. The minimum absolute atomic E-state index is 0.0163. The molecule has 0 fully saturated rings. The molecule has 0 aliphatic rings. The topological polar surface area (TPSA) is 87.1 Å². The summed E-state index contributed by atoms with van der Waals surface area (Å²) in [7, 11) is 0. The number of anilines is 2. The van der Waals surface area contributed by atoms with Gasteiger partial charge >= 0.3 is 0 Å². The first-order valence-electron chi connectivity index (χ1n) is 4.89. The minimum atomic E-state index is -0.546. The van der Waals surface area contributed by atoms with Crippen LogP contribution in [0, 0.1) is 17.1 Å². The zero-order valence-electron chi connectivity index (χ0n) is 9.09. The van der Waals surface area contributed by atoms with E-state index >= 15 is 0 Å². The Labute approximate surface area is 106 Å². The molecular formula is C11H8FN5S. The van der Waals surface area contributed by atoms with Crippen molar-refractivity contribution in [2.75, 3.05) is 11.2 Å². The number of nitrogens with two attached hydrogens (primary N) is 1. The summed E-state index contributed by atoms with van der Waals surface area (Å²) in [6.45, 7) is 0. The number of halogens is 1. The van der Waals surface area contributed by atoms with Crippen molar-refractivity contribution in [1.29, 1.82) is 5.26 Å². The van der Waals surface area contributed by atoms with Gasteiger partial charge in [-0.25, -0.2) is 9.37 Å². The molecule has 0 unspecified atom stereocenters. The lowest BCUT2D eigenvalue weighted by Gasteiger charge is -1.96. The molecule has 0 aliphatic carbocycles. The van der Waals surface area contributed by atoms with E-state index in [0.717, 1.165) is 0 Å². The van der Waals surface area contributed by atoms with E-state index in [1.54, 1.807) is 11.4 Å². The number of nitrogens with zero attached hydrogens (tertiary/aromatic N) is 3. The molecule has 0 amide bonds. The van der Waals surface area contributed by atoms with Crippen molar-refractivity contribution in [2.45, 2.75) is 0 Å². The summed E-state index contributed by atoms with van der Waals surface area (Å²) < 4.78 is 13.1. The van der Waals surface area contributed by atoms with E-state index in [4.69, 9.17) is 11.0 Å². The maximum atomic E-state index is 13.1. The molecule has 0 saturated carbocycles. The van der Waals surface area contributed by atoms with Crippen molar-refractivity contribution in [3.8, 4) is 6.07 Å². The Kier molecular flexibility index (Phi) is 3.50. The van der Waals surface area contributed by atoms with Crippen LogP contribution >= 0.6 is 11.3 Å². The van der Waals surface area contributed by atoms with Crippen molar-refractivity contribution in [2.24, 2.45) is 5.10 Å². The summed E-state index contributed by atoms with van der Waals surface area (Å²) in [5.41, 5.74) is 8.73. The van der Waals surface area contributed by atoms with Crippen LogP contribution in [-0.4, -0.2) is 11.2 Å². The van der Waals surface area contributed by atoms with Crippen molar-refractivity contribution >= 4 is 28.5 Å². The number of aromatic nitrogens is 1. The Morgan fingerprint density at radius 1 is 1.56 bits per heavy atom. The molecule has 0 atom stereocenters. The monoisotopic (exact) mass is 261 g/mol. The predicted octanol–water partition coefficient (Wildman–Crippen LogP) is 2.18. The number of nitrogens with one attached hydrogen (secondary N) is 1. The van der Waals surface area contributed by atoms with Crippen molar-refractivity contribution in [3.05, 3.63) is 40.5 Å². The Bertz CT molecular complexity index is 629. The highest BCUT2D eigenvalue weighted by Crippen LogP contribution is 2.16. The molecule has 7 heteroatoms. The van der Waals surface area contributed by atoms with E-state index in [1.807, 2.05) is 0 Å². The number of rotatable bonds is 3. The van der Waals surface area contributed by atoms with Gasteiger partial charge in [0.1, 0.15) is 17.7 Å². The summed E-state index contributed by atoms with van der Waals surface area (Å²) >= 11 is 1.32. The van der Waals surface area contributed by atoms with Crippen molar-refractivity contribution in [3.63, 3.8) is 0 Å². The van der Waals surface area contributed by atoms with E-state index in [0.29, 0.717) is 16.5 Å². The smallest absolute Gasteiger partial charge is 0.205 e. The Balaban J connectivity index is 2.07. The fraction of sp³-hybridized carbons (Fsp3) is 0. The van der Waals surface area contributed by atoms with Gasteiger partial charge in [-0.05, 0) is 17.7 Å². The molecule has 0 radical (unpaired) electrons. The number of thiazole rings is 1. The SMILES string of the molecule is N#Cc1cc(C=NNc2nc(N)cs2)ccc1F. The predicted molar refractivity (Wildman–Crippen MR) is 68.9 cm³/mol. The number of nitriles is 1. The highest BCUT2D eigenvalue weighted by atomic mass is 32.1. The molecule has 2 aromatic rings. The quantitative estimate of drug-likeness (QED) is 0.655. The third kappa shape index (κ3) is 2.81. The molecule has 0 bridgehead atoms. The minimum Gasteiger partial charge on any atom is -0.383 e. The lowest BCUT2D eigenvalue weighted by molar-refractivity contribution is 0.624. The Morgan fingerprint density at radius 3 is 3.06 bits per heavy atom. The summed E-state index contributed by atoms with van der Waals surface area (Å²) in [5, 5.41) is 14.8. The van der Waals surface area contributed by atoms with Crippen molar-refractivity contribution < 1.29 is 4.39 Å². The average molecular weight is 261 g/mol. The van der Waals surface area contributed by atoms with E-state index in [9.17, 15) is 4.39 Å². The number of benzene rings is 1. The van der Waals surface area contributed by atoms with Gasteiger partial charge in [0.05, 0.1) is 11.8 Å². The van der Waals surface area contributed by atoms with Gasteiger partial charge in [0.15, 0.2) is 0 Å². The normalized spacial score (nSPS) is 10.4. The first-order valence-corrected chi connectivity index (χ1v) is 5.77. The largest absolute Gasteiger partial charge is 0.383 e. The molecule has 0 spiro atoms. The van der Waals surface area contributed by atoms with E-state index in [-0.39, 0.29) is 5.56 Å². The van der Waals surface area contributed by atoms with Crippen LogP contribution in [0.1, 0.15) is 11.1 Å². The van der Waals surface area contributed by atoms with Gasteiger partial charge in [-0.3, -0.25) is 5.43 Å². The lowest BCUT2D eigenvalue weighted by atomic mass is 10.1. The van der Waals surface area contributed by atoms with Crippen LogP contribution in [0.25, 0.3) is 0 Å². The molecular weight excluding hydrogens is 253 g/mol. The average Bonchev–Trinajstić information content (AvgIpc) is 2.77. The van der Waals surface area contributed by atoms with Crippen LogP contribution in [0.4, 0.5) is 15.3 Å². The van der Waals surface area contributed by atoms with Crippen LogP contribution < -0.4 is 11.2 Å². The Morgan fingerprint density at radius 2 is 2.39 bits per heavy atom. The van der Waals surface area contributed by atoms with Gasteiger partial charge < -0.3 is 5.73 Å². The zero-order chi connectivity index (χ0) is 13.0. The van der Waals surface area contributed by atoms with Crippen LogP contribution in [-0.2, 0) is 0 Å². The van der Waals surface area contributed by atoms with Gasteiger partial charge in [0.25, 0.3) is 0 Å². The summed E-state index contributed by atoms with van der Waals surface area (Å²) in [5.74, 6) is -0.124. The second-order valence-electron chi connectivity index (χ2n) is 3.30. The van der Waals surface area contributed by atoms with Crippen molar-refractivity contribution in [1.82, 2.24) is 4.98 Å². The van der Waals surface area contributed by atoms with Gasteiger partial charge in [-0.1, -0.05) is 6.07 Å². The highest BCUT2D eigenvalue weighted by molar-refractivity contribution is 7.14. The van der Waals surface area contributed by atoms with E-state index in [1.165, 1.54) is 35.8 Å². The first-order chi connectivity index (χ1) is 8.69. The molecule has 18 heavy (non-hydrogen) atoms. The summed E-state index contributed by atoms with van der Waals surface area (Å²) in [6.07, 6.45) is 1.47. The molecule has 0 saturated heterocycles. The van der Waals surface area contributed by atoms with Gasteiger partial charge in [0, 0.05) is 5.38 Å². The molecule has 1 heterocycles. The second kappa shape index (κ2) is 5.25. The van der Waals surface area contributed by atoms with Gasteiger partial charge in [0.2, 0.25) is 5.13 Å². The molecule has 1 aromatic heterocycles. The number of nitrogen functional groups attached to an aromatic ring is 1. The number of hydrogen-bond donors (Lipinski definition) is 2. The molecule has 2 rings (SSSR count). The third-order valence-electron chi connectivity index (χ3n) is 2.01. The van der Waals surface area contributed by atoms with Crippen LogP contribution in [0.2, 0.25) is 0 Å². The van der Waals surface area contributed by atoms with Gasteiger partial charge in [-0.15, -0.1) is 11.3 Å². The highest BCUT2D eigenvalue weighted by Gasteiger charge is 2.01. The van der Waals surface area contributed by atoms with Crippen LogP contribution in [0.3, 0.4) is 0 Å².